The van der Waals surface area contributed by atoms with E-state index in [0.717, 1.165) is 17.0 Å². The van der Waals surface area contributed by atoms with Crippen LogP contribution in [0.4, 0.5) is 0 Å². The Bertz CT molecular complexity index is 925. The zero-order valence-corrected chi connectivity index (χ0v) is 13.3. The Morgan fingerprint density at radius 1 is 1.24 bits per heavy atom. The Morgan fingerprint density at radius 3 is 2.62 bits per heavy atom. The Morgan fingerprint density at radius 2 is 1.95 bits per heavy atom. The molecule has 0 radical (unpaired) electrons. The van der Waals surface area contributed by atoms with Gasteiger partial charge in [-0.2, -0.15) is 0 Å². The molecule has 108 valence electrons. The lowest BCUT2D eigenvalue weighted by Crippen LogP contribution is -2.09. The second kappa shape index (κ2) is 4.90. The minimum atomic E-state index is -0.137. The van der Waals surface area contributed by atoms with E-state index in [1.165, 1.54) is 0 Å². The summed E-state index contributed by atoms with van der Waals surface area (Å²) in [4.78, 5) is 19.4. The highest BCUT2D eigenvalue weighted by molar-refractivity contribution is 6.36. The van der Waals surface area contributed by atoms with E-state index in [9.17, 15) is 4.79 Å². The maximum atomic E-state index is 12.2. The van der Waals surface area contributed by atoms with E-state index in [0.29, 0.717) is 26.8 Å². The SMILES string of the molecule is Cc1nc2c(-c3ccc(Cl)cc3Cl)n(C)c(C)c2c(=O)[nH]1. The summed E-state index contributed by atoms with van der Waals surface area (Å²) in [6.45, 7) is 3.65. The number of nitrogens with zero attached hydrogens (tertiary/aromatic N) is 2. The monoisotopic (exact) mass is 321 g/mol. The molecule has 0 atom stereocenters. The van der Waals surface area contributed by atoms with Crippen molar-refractivity contribution in [2.75, 3.05) is 0 Å². The number of aromatic amines is 1. The Kier molecular flexibility index (Phi) is 3.30. The van der Waals surface area contributed by atoms with Crippen LogP contribution < -0.4 is 5.56 Å². The molecule has 2 aromatic heterocycles. The van der Waals surface area contributed by atoms with Crippen molar-refractivity contribution in [3.63, 3.8) is 0 Å². The van der Waals surface area contributed by atoms with Gasteiger partial charge in [0.2, 0.25) is 0 Å². The van der Waals surface area contributed by atoms with Crippen molar-refractivity contribution in [2.45, 2.75) is 13.8 Å². The molecule has 0 fully saturated rings. The molecular formula is C15H13Cl2N3O. The lowest BCUT2D eigenvalue weighted by molar-refractivity contribution is 0.896. The minimum absolute atomic E-state index is 0.137. The summed E-state index contributed by atoms with van der Waals surface area (Å²) in [6, 6.07) is 5.31. The summed E-state index contributed by atoms with van der Waals surface area (Å²) in [6.07, 6.45) is 0. The molecule has 1 aromatic carbocycles. The average molecular weight is 322 g/mol. The summed E-state index contributed by atoms with van der Waals surface area (Å²) >= 11 is 12.3. The molecule has 0 bridgehead atoms. The van der Waals surface area contributed by atoms with Crippen molar-refractivity contribution in [3.05, 3.63) is 50.1 Å². The highest BCUT2D eigenvalue weighted by Gasteiger charge is 2.19. The van der Waals surface area contributed by atoms with Crippen LogP contribution in [0.25, 0.3) is 22.2 Å². The van der Waals surface area contributed by atoms with Gasteiger partial charge in [0, 0.05) is 23.3 Å². The topological polar surface area (TPSA) is 50.7 Å². The fourth-order valence-electron chi connectivity index (χ4n) is 2.58. The molecule has 0 saturated carbocycles. The first-order valence-electron chi connectivity index (χ1n) is 6.41. The van der Waals surface area contributed by atoms with E-state index < -0.39 is 0 Å². The van der Waals surface area contributed by atoms with Gasteiger partial charge in [-0.3, -0.25) is 4.79 Å². The van der Waals surface area contributed by atoms with Crippen molar-refractivity contribution in [1.29, 1.82) is 0 Å². The van der Waals surface area contributed by atoms with Gasteiger partial charge in [0.15, 0.2) is 0 Å². The quantitative estimate of drug-likeness (QED) is 0.740. The predicted molar refractivity (Wildman–Crippen MR) is 86.3 cm³/mol. The summed E-state index contributed by atoms with van der Waals surface area (Å²) in [5.41, 5.74) is 2.99. The van der Waals surface area contributed by atoms with Crippen LogP contribution in [0.5, 0.6) is 0 Å². The number of benzene rings is 1. The zero-order chi connectivity index (χ0) is 15.3. The van der Waals surface area contributed by atoms with Crippen LogP contribution in [0.3, 0.4) is 0 Å². The molecule has 2 heterocycles. The van der Waals surface area contributed by atoms with Gasteiger partial charge in [-0.1, -0.05) is 23.2 Å². The summed E-state index contributed by atoms with van der Waals surface area (Å²) in [5, 5.41) is 1.69. The highest BCUT2D eigenvalue weighted by Crippen LogP contribution is 2.35. The summed E-state index contributed by atoms with van der Waals surface area (Å²) in [5.74, 6) is 0.574. The van der Waals surface area contributed by atoms with E-state index >= 15 is 0 Å². The maximum absolute atomic E-state index is 12.2. The van der Waals surface area contributed by atoms with Crippen molar-refractivity contribution in [2.24, 2.45) is 7.05 Å². The molecule has 3 rings (SSSR count). The molecule has 0 aliphatic carbocycles. The van der Waals surface area contributed by atoms with Gasteiger partial charge in [-0.25, -0.2) is 4.98 Å². The first-order valence-corrected chi connectivity index (χ1v) is 7.17. The van der Waals surface area contributed by atoms with Crippen LogP contribution in [0.2, 0.25) is 10.0 Å². The van der Waals surface area contributed by atoms with Crippen molar-refractivity contribution in [1.82, 2.24) is 14.5 Å². The van der Waals surface area contributed by atoms with E-state index in [2.05, 4.69) is 9.97 Å². The van der Waals surface area contributed by atoms with Crippen LogP contribution in [-0.2, 0) is 7.05 Å². The van der Waals surface area contributed by atoms with Gasteiger partial charge in [-0.05, 0) is 32.0 Å². The number of H-pyrrole nitrogens is 1. The van der Waals surface area contributed by atoms with Crippen molar-refractivity contribution in [3.8, 4) is 11.3 Å². The van der Waals surface area contributed by atoms with Crippen LogP contribution in [0.1, 0.15) is 11.5 Å². The van der Waals surface area contributed by atoms with Gasteiger partial charge in [0.1, 0.15) is 11.3 Å². The van der Waals surface area contributed by atoms with E-state index in [1.807, 2.05) is 24.6 Å². The highest BCUT2D eigenvalue weighted by atomic mass is 35.5. The van der Waals surface area contributed by atoms with Gasteiger partial charge >= 0.3 is 0 Å². The number of halogens is 2. The molecule has 0 aliphatic heterocycles. The van der Waals surface area contributed by atoms with Gasteiger partial charge in [0.25, 0.3) is 5.56 Å². The number of aromatic nitrogens is 3. The Hall–Kier alpha value is -1.78. The molecule has 1 N–H and O–H groups in total. The number of hydrogen-bond acceptors (Lipinski definition) is 2. The van der Waals surface area contributed by atoms with Crippen LogP contribution in [-0.4, -0.2) is 14.5 Å². The molecule has 0 unspecified atom stereocenters. The third-order valence-electron chi connectivity index (χ3n) is 3.65. The average Bonchev–Trinajstić information content (AvgIpc) is 2.63. The molecule has 0 saturated heterocycles. The maximum Gasteiger partial charge on any atom is 0.260 e. The number of nitrogens with one attached hydrogen (secondary N) is 1. The zero-order valence-electron chi connectivity index (χ0n) is 11.8. The number of hydrogen-bond donors (Lipinski definition) is 1. The van der Waals surface area contributed by atoms with E-state index in [4.69, 9.17) is 23.2 Å². The van der Waals surface area contributed by atoms with Gasteiger partial charge in [-0.15, -0.1) is 0 Å². The van der Waals surface area contributed by atoms with Crippen LogP contribution in [0, 0.1) is 13.8 Å². The smallest absolute Gasteiger partial charge is 0.260 e. The summed E-state index contributed by atoms with van der Waals surface area (Å²) < 4.78 is 1.93. The Balaban J connectivity index is 2.48. The van der Waals surface area contributed by atoms with Crippen molar-refractivity contribution < 1.29 is 0 Å². The van der Waals surface area contributed by atoms with E-state index in [-0.39, 0.29) is 5.56 Å². The standard InChI is InChI=1S/C15H13Cl2N3O/c1-7-12-13(18-8(2)19-15(12)21)14(20(7)3)10-5-4-9(16)6-11(10)17/h4-6H,1-3H3,(H,18,19,21). The van der Waals surface area contributed by atoms with E-state index in [1.54, 1.807) is 19.1 Å². The first-order chi connectivity index (χ1) is 9.90. The second-order valence-corrected chi connectivity index (χ2v) is 5.84. The fourth-order valence-corrected chi connectivity index (χ4v) is 3.07. The number of aryl methyl sites for hydroxylation is 2. The molecule has 0 amide bonds. The summed E-state index contributed by atoms with van der Waals surface area (Å²) in [7, 11) is 1.89. The molecular weight excluding hydrogens is 309 g/mol. The lowest BCUT2D eigenvalue weighted by Gasteiger charge is -2.08. The molecule has 21 heavy (non-hydrogen) atoms. The van der Waals surface area contributed by atoms with Crippen LogP contribution in [0.15, 0.2) is 23.0 Å². The van der Waals surface area contributed by atoms with Gasteiger partial charge < -0.3 is 9.55 Å². The second-order valence-electron chi connectivity index (χ2n) is 4.99. The molecule has 0 spiro atoms. The molecule has 4 nitrogen and oxygen atoms in total. The number of fused-ring (bicyclic) bond motifs is 1. The molecule has 3 aromatic rings. The predicted octanol–water partition coefficient (Wildman–Crippen LogP) is 3.85. The van der Waals surface area contributed by atoms with Gasteiger partial charge in [0.05, 0.1) is 16.1 Å². The lowest BCUT2D eigenvalue weighted by atomic mass is 10.1. The van der Waals surface area contributed by atoms with Crippen molar-refractivity contribution >= 4 is 34.1 Å². The third-order valence-corrected chi connectivity index (χ3v) is 4.20. The molecule has 0 aliphatic rings. The molecule has 6 heteroatoms. The Labute approximate surface area is 131 Å². The normalized spacial score (nSPS) is 11.3. The number of rotatable bonds is 1. The third kappa shape index (κ3) is 2.15. The fraction of sp³-hybridized carbons (Fsp3) is 0.200. The first kappa shape index (κ1) is 14.2. The minimum Gasteiger partial charge on any atom is -0.345 e. The largest absolute Gasteiger partial charge is 0.345 e. The van der Waals surface area contributed by atoms with Crippen LogP contribution >= 0.6 is 23.2 Å².